The van der Waals surface area contributed by atoms with Crippen molar-refractivity contribution in [3.05, 3.63) is 0 Å². The van der Waals surface area contributed by atoms with Gasteiger partial charge in [-0.05, 0) is 0 Å². The van der Waals surface area contributed by atoms with Crippen LogP contribution in [0.4, 0.5) is 0 Å². The van der Waals surface area contributed by atoms with Crippen molar-refractivity contribution in [1.82, 2.24) is 5.06 Å². The van der Waals surface area contributed by atoms with Crippen LogP contribution in [0.25, 0.3) is 0 Å². The Balaban J connectivity index is 4.11. The van der Waals surface area contributed by atoms with Gasteiger partial charge < -0.3 is 4.84 Å². The highest BCUT2D eigenvalue weighted by molar-refractivity contribution is 5.91. The van der Waals surface area contributed by atoms with Gasteiger partial charge in [0.05, 0.1) is 0 Å². The maximum atomic E-state index is 10.4. The van der Waals surface area contributed by atoms with E-state index in [9.17, 15) is 14.4 Å². The Bertz CT molecular complexity index is 151. The molecule has 5 heteroatoms. The van der Waals surface area contributed by atoms with Crippen molar-refractivity contribution in [2.45, 2.75) is 13.8 Å². The number of hydrogen-bond acceptors (Lipinski definition) is 4. The Morgan fingerprint density at radius 1 is 1.30 bits per heavy atom. The van der Waals surface area contributed by atoms with Crippen LogP contribution < -0.4 is 0 Å². The van der Waals surface area contributed by atoms with Gasteiger partial charge in [0.1, 0.15) is 0 Å². The van der Waals surface area contributed by atoms with Crippen molar-refractivity contribution in [3.63, 3.8) is 0 Å². The number of rotatable bonds is 2. The molecular weight excluding hydrogens is 138 g/mol. The lowest BCUT2D eigenvalue weighted by atomic mass is 10.6. The standard InChI is InChI=1S/C5H7NO4/c1-4(8)6(5(2)9)10-3-7/h3H,1-2H3. The summed E-state index contributed by atoms with van der Waals surface area (Å²) in [4.78, 5) is 34.5. The average molecular weight is 145 g/mol. The molecule has 56 valence electrons. The molecule has 0 aliphatic rings. The maximum absolute atomic E-state index is 10.4. The van der Waals surface area contributed by atoms with Crippen LogP contribution in [0.15, 0.2) is 0 Å². The van der Waals surface area contributed by atoms with Gasteiger partial charge in [0.2, 0.25) is 0 Å². The van der Waals surface area contributed by atoms with Crippen molar-refractivity contribution in [1.29, 1.82) is 0 Å². The molecule has 0 saturated heterocycles. The monoisotopic (exact) mass is 145 g/mol. The highest BCUT2D eigenvalue weighted by Gasteiger charge is 2.13. The van der Waals surface area contributed by atoms with E-state index in [1.165, 1.54) is 0 Å². The van der Waals surface area contributed by atoms with E-state index in [1.54, 1.807) is 0 Å². The summed E-state index contributed by atoms with van der Waals surface area (Å²) in [6.07, 6.45) is 0. The molecule has 0 atom stereocenters. The number of carbonyl (C=O) groups is 3. The third-order valence-electron chi connectivity index (χ3n) is 0.720. The van der Waals surface area contributed by atoms with Gasteiger partial charge in [-0.1, -0.05) is 0 Å². The first-order chi connectivity index (χ1) is 4.59. The topological polar surface area (TPSA) is 63.7 Å². The van der Waals surface area contributed by atoms with E-state index in [1.807, 2.05) is 0 Å². The van der Waals surface area contributed by atoms with E-state index in [4.69, 9.17) is 0 Å². The second-order valence-electron chi connectivity index (χ2n) is 1.53. The van der Waals surface area contributed by atoms with Crippen molar-refractivity contribution in [2.24, 2.45) is 0 Å². The molecule has 0 radical (unpaired) electrons. The summed E-state index contributed by atoms with van der Waals surface area (Å²) in [6.45, 7) is 2.25. The quantitative estimate of drug-likeness (QED) is 0.387. The van der Waals surface area contributed by atoms with Crippen LogP contribution in [-0.2, 0) is 19.2 Å². The van der Waals surface area contributed by atoms with Gasteiger partial charge in [0.15, 0.2) is 0 Å². The summed E-state index contributed by atoms with van der Waals surface area (Å²) in [5.41, 5.74) is 0. The minimum absolute atomic E-state index is 0.0167. The number of hydroxylamine groups is 2. The fourth-order valence-electron chi connectivity index (χ4n) is 0.413. The molecule has 0 aliphatic heterocycles. The van der Waals surface area contributed by atoms with E-state index in [2.05, 4.69) is 4.84 Å². The molecule has 0 unspecified atom stereocenters. The van der Waals surface area contributed by atoms with Crippen LogP contribution in [0.3, 0.4) is 0 Å². The number of hydrogen-bond donors (Lipinski definition) is 0. The maximum Gasteiger partial charge on any atom is 0.321 e. The molecule has 2 amide bonds. The summed E-state index contributed by atoms with van der Waals surface area (Å²) < 4.78 is 0. The first kappa shape index (κ1) is 8.61. The second-order valence-corrected chi connectivity index (χ2v) is 1.53. The van der Waals surface area contributed by atoms with Gasteiger partial charge >= 0.3 is 6.47 Å². The van der Waals surface area contributed by atoms with Gasteiger partial charge in [0, 0.05) is 13.8 Å². The Labute approximate surface area is 57.5 Å². The predicted molar refractivity (Wildman–Crippen MR) is 30.3 cm³/mol. The minimum Gasteiger partial charge on any atom is -0.334 e. The Morgan fingerprint density at radius 2 is 1.70 bits per heavy atom. The van der Waals surface area contributed by atoms with Crippen molar-refractivity contribution in [3.8, 4) is 0 Å². The van der Waals surface area contributed by atoms with Crippen molar-refractivity contribution in [2.75, 3.05) is 0 Å². The van der Waals surface area contributed by atoms with Crippen LogP contribution >= 0.6 is 0 Å². The van der Waals surface area contributed by atoms with Crippen LogP contribution in [0, 0.1) is 0 Å². The summed E-state index contributed by atoms with van der Waals surface area (Å²) in [6, 6.07) is 0. The Morgan fingerprint density at radius 3 is 1.80 bits per heavy atom. The normalized spacial score (nSPS) is 8.20. The molecule has 5 nitrogen and oxygen atoms in total. The predicted octanol–water partition coefficient (Wildman–Crippen LogP) is -0.531. The van der Waals surface area contributed by atoms with Gasteiger partial charge in [-0.2, -0.15) is 0 Å². The highest BCUT2D eigenvalue weighted by atomic mass is 16.7. The molecule has 0 spiro atoms. The zero-order valence-electron chi connectivity index (χ0n) is 5.66. The van der Waals surface area contributed by atoms with Crippen molar-refractivity contribution < 1.29 is 19.2 Å². The first-order valence-corrected chi connectivity index (χ1v) is 2.51. The van der Waals surface area contributed by atoms with Crippen LogP contribution in [0.1, 0.15) is 13.8 Å². The molecule has 0 rings (SSSR count). The molecule has 0 aromatic carbocycles. The Hall–Kier alpha value is -1.39. The smallest absolute Gasteiger partial charge is 0.321 e. The molecule has 0 aliphatic carbocycles. The van der Waals surface area contributed by atoms with E-state index in [-0.39, 0.29) is 6.47 Å². The Kier molecular flexibility index (Phi) is 3.10. The molecule has 0 bridgehead atoms. The van der Waals surface area contributed by atoms with E-state index < -0.39 is 11.8 Å². The molecular formula is C5H7NO4. The lowest BCUT2D eigenvalue weighted by Gasteiger charge is -2.10. The summed E-state index contributed by atoms with van der Waals surface area (Å²) >= 11 is 0. The fraction of sp³-hybridized carbons (Fsp3) is 0.400. The van der Waals surface area contributed by atoms with Gasteiger partial charge in [-0.3, -0.25) is 14.4 Å². The van der Waals surface area contributed by atoms with Gasteiger partial charge in [-0.15, -0.1) is 5.06 Å². The number of nitrogens with zero attached hydrogens (tertiary/aromatic N) is 1. The number of imide groups is 1. The SMILES string of the molecule is CC(=O)N(OC=O)C(C)=O. The number of carbonyl (C=O) groups excluding carboxylic acids is 3. The zero-order valence-corrected chi connectivity index (χ0v) is 5.66. The summed E-state index contributed by atoms with van der Waals surface area (Å²) in [5.74, 6) is -1.25. The molecule has 0 saturated carbocycles. The highest BCUT2D eigenvalue weighted by Crippen LogP contribution is 1.88. The van der Waals surface area contributed by atoms with Crippen LogP contribution in [0.2, 0.25) is 0 Å². The largest absolute Gasteiger partial charge is 0.334 e. The molecule has 0 N–H and O–H groups in total. The molecule has 0 heterocycles. The molecule has 10 heavy (non-hydrogen) atoms. The van der Waals surface area contributed by atoms with Crippen LogP contribution in [0.5, 0.6) is 0 Å². The van der Waals surface area contributed by atoms with E-state index >= 15 is 0 Å². The fourth-order valence-corrected chi connectivity index (χ4v) is 0.413. The summed E-state index contributed by atoms with van der Waals surface area (Å²) in [5, 5.41) is 0.368. The van der Waals surface area contributed by atoms with E-state index in [0.29, 0.717) is 5.06 Å². The average Bonchev–Trinajstić information content (AvgIpc) is 1.81. The van der Waals surface area contributed by atoms with Gasteiger partial charge in [0.25, 0.3) is 11.8 Å². The third-order valence-corrected chi connectivity index (χ3v) is 0.720. The van der Waals surface area contributed by atoms with Gasteiger partial charge in [-0.25, -0.2) is 0 Å². The first-order valence-electron chi connectivity index (χ1n) is 2.51. The summed E-state index contributed by atoms with van der Waals surface area (Å²) in [7, 11) is 0. The van der Waals surface area contributed by atoms with Crippen molar-refractivity contribution >= 4 is 18.3 Å². The zero-order chi connectivity index (χ0) is 8.15. The lowest BCUT2D eigenvalue weighted by molar-refractivity contribution is -0.191. The minimum atomic E-state index is -0.625. The molecule has 0 fully saturated rings. The third kappa shape index (κ3) is 2.25. The second kappa shape index (κ2) is 3.60. The number of amides is 2. The molecule has 0 aromatic rings. The van der Waals surface area contributed by atoms with E-state index in [0.717, 1.165) is 13.8 Å². The molecule has 0 aromatic heterocycles. The lowest BCUT2D eigenvalue weighted by Crippen LogP contribution is -2.32. The van der Waals surface area contributed by atoms with Crippen LogP contribution in [-0.4, -0.2) is 23.3 Å².